The van der Waals surface area contributed by atoms with Crippen LogP contribution in [0.4, 0.5) is 0 Å². The van der Waals surface area contributed by atoms with E-state index in [9.17, 15) is 4.79 Å². The minimum Gasteiger partial charge on any atom is -1.00 e. The van der Waals surface area contributed by atoms with Crippen LogP contribution in [0.3, 0.4) is 0 Å². The van der Waals surface area contributed by atoms with E-state index in [1.54, 1.807) is 4.90 Å². The number of nitrogens with one attached hydrogen (secondary N) is 2. The molecule has 1 fully saturated rings. The minimum absolute atomic E-state index is 0. The molecule has 1 aromatic rings. The largest absolute Gasteiger partial charge is 1.00 e. The molecule has 2 N–H and O–H groups in total. The van der Waals surface area contributed by atoms with Crippen LogP contribution in [0.5, 0.6) is 0 Å². The Morgan fingerprint density at radius 1 is 1.08 bits per heavy atom. The van der Waals surface area contributed by atoms with E-state index >= 15 is 0 Å². The Hall–Kier alpha value is -0.810. The molecule has 138 valence electrons. The van der Waals surface area contributed by atoms with Gasteiger partial charge in [-0.2, -0.15) is 0 Å². The smallest absolute Gasteiger partial charge is 0.369 e. The number of ether oxygens (including phenoxy) is 1. The average molecular weight is 377 g/mol. The molecular weight excluding hydrogens is 347 g/mol. The fourth-order valence-electron chi connectivity index (χ4n) is 2.95. The molecule has 0 spiro atoms. The molecule has 1 atom stereocenters. The predicted octanol–water partition coefficient (Wildman–Crippen LogP) is -6.26. The second-order valence-corrected chi connectivity index (χ2v) is 6.81. The van der Waals surface area contributed by atoms with Crippen LogP contribution in [-0.4, -0.2) is 45.8 Å². The van der Waals surface area contributed by atoms with Gasteiger partial charge in [-0.15, -0.1) is 0 Å². The molecule has 1 aromatic carbocycles. The van der Waals surface area contributed by atoms with Gasteiger partial charge in [-0.1, -0.05) is 44.2 Å². The van der Waals surface area contributed by atoms with Crippen molar-refractivity contribution < 1.29 is 44.1 Å². The van der Waals surface area contributed by atoms with Gasteiger partial charge in [0, 0.05) is 5.56 Å². The average Bonchev–Trinajstić information content (AvgIpc) is 2.50. The zero-order valence-corrected chi connectivity index (χ0v) is 16.4. The van der Waals surface area contributed by atoms with Gasteiger partial charge >= 0.3 is 5.97 Å². The van der Waals surface area contributed by atoms with Gasteiger partial charge in [0.25, 0.3) is 0 Å². The molecule has 1 unspecified atom stereocenters. The number of quaternary nitrogens is 2. The summed E-state index contributed by atoms with van der Waals surface area (Å²) in [5.41, 5.74) is 1.08. The van der Waals surface area contributed by atoms with Gasteiger partial charge in [-0.3, -0.25) is 0 Å². The summed E-state index contributed by atoms with van der Waals surface area (Å²) >= 11 is 0. The van der Waals surface area contributed by atoms with Crippen LogP contribution >= 0.6 is 0 Å². The first-order valence-electron chi connectivity index (χ1n) is 8.45. The molecule has 1 saturated heterocycles. The van der Waals surface area contributed by atoms with Gasteiger partial charge in [0.05, 0.1) is 13.7 Å². The molecule has 0 saturated carbocycles. The molecule has 1 aliphatic heterocycles. The monoisotopic (exact) mass is 376 g/mol. The zero-order valence-electron chi connectivity index (χ0n) is 14.9. The van der Waals surface area contributed by atoms with Crippen LogP contribution in [0.25, 0.3) is 0 Å². The molecule has 0 radical (unpaired) electrons. The van der Waals surface area contributed by atoms with Crippen LogP contribution in [0.1, 0.15) is 31.9 Å². The Labute approximate surface area is 158 Å². The fourth-order valence-corrected chi connectivity index (χ4v) is 2.95. The minimum atomic E-state index is -0.179. The number of carbonyl (C=O) groups is 1. The highest BCUT2D eigenvalue weighted by molar-refractivity contribution is 5.76. The maximum absolute atomic E-state index is 12.7. The topological polar surface area (TPSA) is 35.2 Å². The third-order valence-corrected chi connectivity index (χ3v) is 4.46. The van der Waals surface area contributed by atoms with Crippen molar-refractivity contribution in [3.63, 3.8) is 0 Å². The first-order chi connectivity index (χ1) is 10.6. The van der Waals surface area contributed by atoms with Crippen LogP contribution in [0.15, 0.2) is 30.3 Å². The number of likely N-dealkylation sites (N-methyl/N-ethyl adjacent to an activating group) is 1. The summed E-state index contributed by atoms with van der Waals surface area (Å²) in [6, 6.07) is 9.92. The van der Waals surface area contributed by atoms with Gasteiger partial charge in [-0.25, -0.2) is 4.79 Å². The Morgan fingerprint density at radius 2 is 1.67 bits per heavy atom. The van der Waals surface area contributed by atoms with Gasteiger partial charge in [0.2, 0.25) is 6.04 Å². The second-order valence-electron chi connectivity index (χ2n) is 6.81. The number of hydrogen-bond donors (Lipinski definition) is 2. The van der Waals surface area contributed by atoms with Crippen molar-refractivity contribution in [3.05, 3.63) is 35.9 Å². The molecule has 4 nitrogen and oxygen atoms in total. The third-order valence-electron chi connectivity index (χ3n) is 4.46. The summed E-state index contributed by atoms with van der Waals surface area (Å²) in [7, 11) is 2.22. The third kappa shape index (κ3) is 6.98. The molecule has 1 heterocycles. The van der Waals surface area contributed by atoms with Crippen LogP contribution in [0, 0.1) is 5.92 Å². The number of piperazine rings is 1. The zero-order chi connectivity index (χ0) is 15.9. The van der Waals surface area contributed by atoms with Gasteiger partial charge < -0.3 is 39.4 Å². The van der Waals surface area contributed by atoms with E-state index in [0.29, 0.717) is 12.5 Å². The lowest BCUT2D eigenvalue weighted by atomic mass is 10.0. The number of esters is 1. The summed E-state index contributed by atoms with van der Waals surface area (Å²) < 4.78 is 5.58. The molecule has 0 aromatic heterocycles. The Kier molecular flexibility index (Phi) is 11.3. The molecule has 6 heteroatoms. The van der Waals surface area contributed by atoms with E-state index in [-0.39, 0.29) is 36.8 Å². The number of benzene rings is 1. The summed E-state index contributed by atoms with van der Waals surface area (Å²) in [6.07, 6.45) is 0.926. The normalized spacial score (nSPS) is 21.3. The van der Waals surface area contributed by atoms with E-state index in [2.05, 4.69) is 20.9 Å². The van der Waals surface area contributed by atoms with Crippen molar-refractivity contribution in [2.75, 3.05) is 39.8 Å². The molecule has 0 amide bonds. The van der Waals surface area contributed by atoms with E-state index in [0.717, 1.165) is 38.2 Å². The van der Waals surface area contributed by atoms with E-state index < -0.39 is 0 Å². The molecule has 0 bridgehead atoms. The van der Waals surface area contributed by atoms with E-state index in [1.807, 2.05) is 30.3 Å². The van der Waals surface area contributed by atoms with Crippen molar-refractivity contribution in [1.29, 1.82) is 0 Å². The number of carbonyl (C=O) groups excluding carboxylic acids is 1. The molecule has 2 rings (SSSR count). The standard InChI is InChI=1S/C18H28N2O2.2ClH/c1-15(2)9-14-22-18(21)17(16-7-5-4-6-8-16)20-12-10-19(3)11-13-20;;/h4-8,15,17H,9-14H2,1-3H3;2*1H. The maximum atomic E-state index is 12.7. The highest BCUT2D eigenvalue weighted by Gasteiger charge is 2.35. The molecule has 1 aliphatic rings. The fraction of sp³-hybridized carbons (Fsp3) is 0.611. The number of hydrogen-bond acceptors (Lipinski definition) is 2. The maximum Gasteiger partial charge on any atom is 0.369 e. The quantitative estimate of drug-likeness (QED) is 0.484. The molecule has 24 heavy (non-hydrogen) atoms. The Balaban J connectivity index is 0.00000264. The van der Waals surface area contributed by atoms with Crippen LogP contribution in [0.2, 0.25) is 0 Å². The van der Waals surface area contributed by atoms with Gasteiger partial charge in [0.15, 0.2) is 0 Å². The van der Waals surface area contributed by atoms with Gasteiger partial charge in [0.1, 0.15) is 26.2 Å². The lowest BCUT2D eigenvalue weighted by Gasteiger charge is -2.32. The highest BCUT2D eigenvalue weighted by atomic mass is 35.5. The number of halogens is 2. The SMILES string of the molecule is CC(C)CCOC(=O)C(c1ccccc1)[NH+]1CC[NH+](C)CC1.[Cl-].[Cl-]. The molecule has 0 aliphatic carbocycles. The lowest BCUT2D eigenvalue weighted by molar-refractivity contribution is -1.01. The van der Waals surface area contributed by atoms with Crippen molar-refractivity contribution in [3.8, 4) is 0 Å². The van der Waals surface area contributed by atoms with Crippen molar-refractivity contribution in [1.82, 2.24) is 0 Å². The highest BCUT2D eigenvalue weighted by Crippen LogP contribution is 2.12. The van der Waals surface area contributed by atoms with Crippen LogP contribution in [-0.2, 0) is 9.53 Å². The first-order valence-corrected chi connectivity index (χ1v) is 8.45. The summed E-state index contributed by atoms with van der Waals surface area (Å²) in [5, 5.41) is 0. The Bertz CT molecular complexity index is 463. The summed E-state index contributed by atoms with van der Waals surface area (Å²) in [5.74, 6) is 0.490. The summed E-state index contributed by atoms with van der Waals surface area (Å²) in [6.45, 7) is 9.08. The van der Waals surface area contributed by atoms with Crippen molar-refractivity contribution >= 4 is 5.97 Å². The second kappa shape index (κ2) is 11.7. The Morgan fingerprint density at radius 3 is 2.21 bits per heavy atom. The lowest BCUT2D eigenvalue weighted by Crippen LogP contribution is -3.27. The van der Waals surface area contributed by atoms with Gasteiger partial charge in [-0.05, 0) is 12.3 Å². The first kappa shape index (κ1) is 23.2. The molecular formula is C18H30Cl2N2O2. The number of rotatable bonds is 6. The van der Waals surface area contributed by atoms with Crippen molar-refractivity contribution in [2.45, 2.75) is 26.3 Å². The van der Waals surface area contributed by atoms with Crippen molar-refractivity contribution in [2.24, 2.45) is 5.92 Å². The van der Waals surface area contributed by atoms with E-state index in [4.69, 9.17) is 4.74 Å². The predicted molar refractivity (Wildman–Crippen MR) is 86.9 cm³/mol. The summed E-state index contributed by atoms with van der Waals surface area (Å²) in [4.78, 5) is 15.5. The van der Waals surface area contributed by atoms with Crippen LogP contribution < -0.4 is 34.6 Å². The van der Waals surface area contributed by atoms with E-state index in [1.165, 1.54) is 4.90 Å².